The fourth-order valence-corrected chi connectivity index (χ4v) is 12.5. The summed E-state index contributed by atoms with van der Waals surface area (Å²) in [5, 5.41) is 3.29. The first-order valence-corrected chi connectivity index (χ1v) is 20.7. The molecule has 8 heterocycles. The van der Waals surface area contributed by atoms with Crippen molar-refractivity contribution in [1.82, 2.24) is 5.32 Å². The van der Waals surface area contributed by atoms with E-state index in [1.54, 1.807) is 12.1 Å². The summed E-state index contributed by atoms with van der Waals surface area (Å²) in [5.74, 6) is -0.570. The molecule has 0 aromatic heterocycles. The number of hydrogen-bond acceptors (Lipinski definition) is 9. The van der Waals surface area contributed by atoms with Crippen LogP contribution >= 0.6 is 0 Å². The van der Waals surface area contributed by atoms with E-state index in [0.29, 0.717) is 24.7 Å². The summed E-state index contributed by atoms with van der Waals surface area (Å²) in [7, 11) is 0. The number of amides is 1. The van der Waals surface area contributed by atoms with Crippen molar-refractivity contribution in [2.75, 3.05) is 0 Å². The van der Waals surface area contributed by atoms with Gasteiger partial charge in [-0.25, -0.2) is 23.9 Å². The molecule has 11 rings (SSSR count). The largest absolute Gasteiger partial charge is 0.349 e. The minimum absolute atomic E-state index is 0.0658. The van der Waals surface area contributed by atoms with Gasteiger partial charge < -0.3 is 24.3 Å². The summed E-state index contributed by atoms with van der Waals surface area (Å²) >= 11 is 0. The topological polar surface area (TPSA) is 103 Å². The lowest BCUT2D eigenvalue weighted by Gasteiger charge is -2.61. The molecule has 1 amide bonds. The lowest BCUT2D eigenvalue weighted by atomic mass is 9.56. The van der Waals surface area contributed by atoms with Gasteiger partial charge in [0.25, 0.3) is 0 Å². The highest BCUT2D eigenvalue weighted by molar-refractivity contribution is 5.79. The molecule has 294 valence electrons. The molecule has 1 aromatic rings. The molecule has 10 aliphatic rings. The molecule has 2 saturated carbocycles. The molecular weight excluding hydrogens is 681 g/mol. The van der Waals surface area contributed by atoms with Gasteiger partial charge in [-0.05, 0) is 125 Å². The molecule has 10 nitrogen and oxygen atoms in total. The van der Waals surface area contributed by atoms with Gasteiger partial charge >= 0.3 is 0 Å². The molecule has 2 spiro atoms. The van der Waals surface area contributed by atoms with E-state index in [0.717, 1.165) is 56.9 Å². The van der Waals surface area contributed by atoms with E-state index in [9.17, 15) is 9.18 Å². The van der Waals surface area contributed by atoms with Crippen LogP contribution < -0.4 is 5.32 Å². The summed E-state index contributed by atoms with van der Waals surface area (Å²) in [6, 6.07) is 6.02. The lowest BCUT2D eigenvalue weighted by molar-refractivity contribution is -0.571. The van der Waals surface area contributed by atoms with Gasteiger partial charge in [0, 0.05) is 30.6 Å². The molecule has 17 atom stereocenters. The highest BCUT2D eigenvalue weighted by Gasteiger charge is 2.71. The van der Waals surface area contributed by atoms with Crippen LogP contribution in [0, 0.1) is 59.1 Å². The van der Waals surface area contributed by atoms with E-state index in [1.165, 1.54) is 12.1 Å². The van der Waals surface area contributed by atoms with Crippen molar-refractivity contribution in [2.45, 2.75) is 166 Å². The van der Waals surface area contributed by atoms with Gasteiger partial charge in [-0.15, -0.1) is 0 Å². The number of carbonyl (C=O) groups excluding carboxylic acids is 1. The molecule has 11 heteroatoms. The van der Waals surface area contributed by atoms with Crippen molar-refractivity contribution < 1.29 is 47.7 Å². The summed E-state index contributed by atoms with van der Waals surface area (Å²) in [5.41, 5.74) is -0.494. The Morgan fingerprint density at radius 1 is 0.717 bits per heavy atom. The van der Waals surface area contributed by atoms with Crippen molar-refractivity contribution in [3.8, 4) is 0 Å². The Morgan fingerprint density at radius 2 is 1.19 bits per heavy atom. The van der Waals surface area contributed by atoms with Crippen LogP contribution in [0.3, 0.4) is 0 Å². The van der Waals surface area contributed by atoms with Crippen LogP contribution in [0.4, 0.5) is 4.39 Å². The average molecular weight is 742 g/mol. The van der Waals surface area contributed by atoms with Gasteiger partial charge in [0.2, 0.25) is 17.5 Å². The maximum absolute atomic E-state index is 14.7. The summed E-state index contributed by atoms with van der Waals surface area (Å²) in [4.78, 5) is 39.7. The molecule has 10 fully saturated rings. The van der Waals surface area contributed by atoms with Crippen LogP contribution in [0.5, 0.6) is 0 Å². The molecule has 1 aromatic carbocycles. The maximum atomic E-state index is 14.7. The Bertz CT molecular complexity index is 1470. The Hall–Kier alpha value is -1.70. The first-order valence-electron chi connectivity index (χ1n) is 20.7. The predicted octanol–water partition coefficient (Wildman–Crippen LogP) is 7.90. The van der Waals surface area contributed by atoms with Crippen molar-refractivity contribution in [3.05, 3.63) is 35.6 Å². The monoisotopic (exact) mass is 741 g/mol. The summed E-state index contributed by atoms with van der Waals surface area (Å²) in [6.45, 7) is 15.0. The van der Waals surface area contributed by atoms with E-state index < -0.39 is 41.3 Å². The molecule has 2 aliphatic carbocycles. The minimum atomic E-state index is -0.874. The zero-order valence-electron chi connectivity index (χ0n) is 32.5. The predicted molar refractivity (Wildman–Crippen MR) is 189 cm³/mol. The van der Waals surface area contributed by atoms with Gasteiger partial charge in [-0.1, -0.05) is 39.8 Å². The quantitative estimate of drug-likeness (QED) is 0.280. The molecule has 0 unspecified atom stereocenters. The number of ether oxygens (including phenoxy) is 4. The van der Waals surface area contributed by atoms with Crippen LogP contribution in [-0.4, -0.2) is 53.5 Å². The van der Waals surface area contributed by atoms with Crippen LogP contribution in [0.15, 0.2) is 24.3 Å². The average Bonchev–Trinajstić information content (AvgIpc) is 3.50. The number of fused-ring (bicyclic) bond motifs is 4. The van der Waals surface area contributed by atoms with Crippen molar-refractivity contribution in [1.29, 1.82) is 0 Å². The first kappa shape index (κ1) is 36.9. The van der Waals surface area contributed by atoms with E-state index in [-0.39, 0.29) is 65.5 Å². The van der Waals surface area contributed by atoms with Crippen LogP contribution in [0.1, 0.15) is 124 Å². The number of halogens is 1. The molecular formula is C42H60FNO9. The molecule has 8 aliphatic heterocycles. The van der Waals surface area contributed by atoms with Gasteiger partial charge in [-0.2, -0.15) is 0 Å². The number of rotatable bonds is 7. The lowest BCUT2D eigenvalue weighted by Crippen LogP contribution is -2.70. The molecule has 0 radical (unpaired) electrons. The number of nitrogens with one attached hydrogen (secondary N) is 1. The summed E-state index contributed by atoms with van der Waals surface area (Å²) in [6.07, 6.45) is 6.97. The standard InChI is InChI=1S/C42H60FNO9/c1-22-8-14-32-24(3)34(46-37-41(32)30(22)16-18-39(6,48-37)50-52-41)20-28(36(45)44-26(5)27-10-12-29(43)13-11-27)21-35-25(4)33-15-9-23(2)31-17-19-40(7)49-38(47-35)42(31,33)53-51-40/h10-13,22-26,28,30-35,37-38H,8-9,14-21H2,1-7H3,(H,44,45)/t22-,23-,24-,25-,26+,30+,31+,32+,33+,34-,35-,37-,38-,39+,40+,41-,42-/m1/s1. The third-order valence-corrected chi connectivity index (χ3v) is 15.7. The Labute approximate surface area is 313 Å². The number of benzene rings is 1. The maximum Gasteiger partial charge on any atom is 0.223 e. The van der Waals surface area contributed by atoms with E-state index >= 15 is 0 Å². The smallest absolute Gasteiger partial charge is 0.223 e. The van der Waals surface area contributed by atoms with Crippen LogP contribution in [0.25, 0.3) is 0 Å². The fourth-order valence-electron chi connectivity index (χ4n) is 12.5. The Balaban J connectivity index is 1.02. The third-order valence-electron chi connectivity index (χ3n) is 15.7. The highest BCUT2D eigenvalue weighted by atomic mass is 19.1. The second-order valence-corrected chi connectivity index (χ2v) is 18.8. The molecule has 1 N–H and O–H groups in total. The second-order valence-electron chi connectivity index (χ2n) is 18.8. The molecule has 4 bridgehead atoms. The summed E-state index contributed by atoms with van der Waals surface area (Å²) < 4.78 is 41.3. The van der Waals surface area contributed by atoms with Crippen molar-refractivity contribution >= 4 is 5.91 Å². The van der Waals surface area contributed by atoms with E-state index in [2.05, 4.69) is 33.0 Å². The second kappa shape index (κ2) is 13.2. The number of hydrogen-bond donors (Lipinski definition) is 1. The van der Waals surface area contributed by atoms with Gasteiger partial charge in [-0.3, -0.25) is 4.79 Å². The Morgan fingerprint density at radius 3 is 1.66 bits per heavy atom. The fraction of sp³-hybridized carbons (Fsp3) is 0.833. The van der Waals surface area contributed by atoms with Crippen molar-refractivity contribution in [3.63, 3.8) is 0 Å². The third kappa shape index (κ3) is 5.79. The zero-order valence-corrected chi connectivity index (χ0v) is 32.5. The van der Waals surface area contributed by atoms with Gasteiger partial charge in [0.05, 0.1) is 18.2 Å². The molecule has 8 saturated heterocycles. The van der Waals surface area contributed by atoms with E-state index in [1.807, 2.05) is 20.8 Å². The first-order chi connectivity index (χ1) is 25.3. The normalized spacial score (nSPS) is 50.9. The van der Waals surface area contributed by atoms with Crippen molar-refractivity contribution in [2.24, 2.45) is 53.3 Å². The SMILES string of the molecule is C[C@H]1[C@@H](CC(C[C@H]2O[C@@H]3O[C@]4(C)CC[C@H]5[C@H](C)CC[C@@H]([C@H]2C)[C@@]35OO4)C(=O)N[C@@H](C)c2ccc(F)cc2)O[C@@H]2O[C@]3(C)CC[C@H]4[C@H](C)CC[C@@H]1[C@@]24OO3. The van der Waals surface area contributed by atoms with Crippen LogP contribution in [-0.2, 0) is 43.3 Å². The zero-order chi connectivity index (χ0) is 37.1. The van der Waals surface area contributed by atoms with Crippen LogP contribution in [0.2, 0.25) is 0 Å². The molecule has 53 heavy (non-hydrogen) atoms. The van der Waals surface area contributed by atoms with Gasteiger partial charge in [0.15, 0.2) is 23.8 Å². The minimum Gasteiger partial charge on any atom is -0.349 e. The van der Waals surface area contributed by atoms with E-state index in [4.69, 9.17) is 38.5 Å². The Kier molecular flexibility index (Phi) is 9.18. The van der Waals surface area contributed by atoms with Gasteiger partial charge in [0.1, 0.15) is 5.82 Å². The number of carbonyl (C=O) groups is 1. The highest BCUT2D eigenvalue weighted by Crippen LogP contribution is 2.63.